The zero-order chi connectivity index (χ0) is 33.9. The average molecular weight is 669 g/mol. The fraction of sp³-hybridized carbons (Fsp3) is 0.0417. The Morgan fingerprint density at radius 3 is 1.86 bits per heavy atom. The van der Waals surface area contributed by atoms with Crippen LogP contribution in [0.5, 0.6) is 0 Å². The minimum atomic E-state index is -0.274. The second-order valence-corrected chi connectivity index (χ2v) is 14.6. The van der Waals surface area contributed by atoms with Crippen LogP contribution in [0.15, 0.2) is 176 Å². The second kappa shape index (κ2) is 11.7. The molecule has 1 aliphatic rings. The van der Waals surface area contributed by atoms with E-state index in [-0.39, 0.29) is 5.41 Å². The van der Waals surface area contributed by atoms with Gasteiger partial charge in [0, 0.05) is 42.3 Å². The number of thiophene rings is 1. The lowest BCUT2D eigenvalue weighted by atomic mass is 9.72. The number of hydrogen-bond donors (Lipinski definition) is 0. The number of rotatable bonds is 5. The highest BCUT2D eigenvalue weighted by atomic mass is 32.1. The molecule has 240 valence electrons. The lowest BCUT2D eigenvalue weighted by Gasteiger charge is -2.30. The summed E-state index contributed by atoms with van der Waals surface area (Å²) in [5, 5.41) is 2.55. The first-order valence-corrected chi connectivity index (χ1v) is 18.2. The van der Waals surface area contributed by atoms with Crippen molar-refractivity contribution in [2.75, 3.05) is 0 Å². The van der Waals surface area contributed by atoms with Crippen LogP contribution in [0, 0.1) is 0 Å². The molecule has 3 heteroatoms. The van der Waals surface area contributed by atoms with E-state index in [4.69, 9.17) is 9.97 Å². The molecule has 0 saturated heterocycles. The van der Waals surface area contributed by atoms with Gasteiger partial charge in [0.05, 0.1) is 11.4 Å². The van der Waals surface area contributed by atoms with Gasteiger partial charge in [0.1, 0.15) is 0 Å². The van der Waals surface area contributed by atoms with Gasteiger partial charge in [-0.05, 0) is 70.1 Å². The summed E-state index contributed by atoms with van der Waals surface area (Å²) in [6, 6.07) is 63.3. The van der Waals surface area contributed by atoms with Crippen molar-refractivity contribution >= 4 is 31.5 Å². The topological polar surface area (TPSA) is 25.8 Å². The Hall–Kier alpha value is -6.16. The summed E-state index contributed by atoms with van der Waals surface area (Å²) in [6.45, 7) is 2.38. The number of aromatic nitrogens is 2. The van der Waals surface area contributed by atoms with Gasteiger partial charge in [-0.3, -0.25) is 0 Å². The van der Waals surface area contributed by atoms with Gasteiger partial charge in [-0.2, -0.15) is 0 Å². The molecule has 1 aliphatic carbocycles. The Kier molecular flexibility index (Phi) is 6.83. The Morgan fingerprint density at radius 1 is 0.431 bits per heavy atom. The molecule has 0 N–H and O–H groups in total. The highest BCUT2D eigenvalue weighted by Gasteiger charge is 2.42. The molecule has 9 aromatic rings. The normalized spacial score (nSPS) is 14.8. The molecule has 0 amide bonds. The van der Waals surface area contributed by atoms with E-state index in [2.05, 4.69) is 165 Å². The third-order valence-corrected chi connectivity index (χ3v) is 11.7. The van der Waals surface area contributed by atoms with E-state index >= 15 is 0 Å². The molecule has 2 heterocycles. The maximum absolute atomic E-state index is 5.14. The number of nitrogens with zero attached hydrogens (tertiary/aromatic N) is 2. The van der Waals surface area contributed by atoms with Crippen molar-refractivity contribution in [3.05, 3.63) is 193 Å². The quantitative estimate of drug-likeness (QED) is 0.182. The predicted octanol–water partition coefficient (Wildman–Crippen LogP) is 12.8. The third-order valence-electron chi connectivity index (χ3n) is 10.6. The van der Waals surface area contributed by atoms with Crippen LogP contribution in [0.1, 0.15) is 23.6 Å². The van der Waals surface area contributed by atoms with Gasteiger partial charge in [0.25, 0.3) is 0 Å². The van der Waals surface area contributed by atoms with Crippen molar-refractivity contribution in [1.29, 1.82) is 0 Å². The molecule has 2 aromatic heterocycles. The van der Waals surface area contributed by atoms with Gasteiger partial charge in [-0.15, -0.1) is 11.3 Å². The Morgan fingerprint density at radius 2 is 1.04 bits per heavy atom. The largest absolute Gasteiger partial charge is 0.228 e. The molecule has 0 radical (unpaired) electrons. The lowest BCUT2D eigenvalue weighted by Crippen LogP contribution is -2.23. The smallest absolute Gasteiger partial charge is 0.160 e. The second-order valence-electron chi connectivity index (χ2n) is 13.5. The molecule has 10 rings (SSSR count). The van der Waals surface area contributed by atoms with Crippen LogP contribution >= 0.6 is 11.3 Å². The molecule has 51 heavy (non-hydrogen) atoms. The molecule has 1 atom stereocenters. The van der Waals surface area contributed by atoms with Gasteiger partial charge in [-0.25, -0.2) is 9.97 Å². The van der Waals surface area contributed by atoms with Crippen molar-refractivity contribution < 1.29 is 0 Å². The van der Waals surface area contributed by atoms with Crippen LogP contribution in [-0.2, 0) is 5.41 Å². The summed E-state index contributed by atoms with van der Waals surface area (Å²) in [5.41, 5.74) is 13.8. The first-order valence-electron chi connectivity index (χ1n) is 17.4. The molecule has 2 nitrogen and oxygen atoms in total. The van der Waals surface area contributed by atoms with Crippen LogP contribution in [-0.4, -0.2) is 9.97 Å². The minimum Gasteiger partial charge on any atom is -0.228 e. The number of benzene rings is 7. The third kappa shape index (κ3) is 4.77. The van der Waals surface area contributed by atoms with Crippen LogP contribution in [0.4, 0.5) is 0 Å². The Bertz CT molecular complexity index is 2750. The van der Waals surface area contributed by atoms with E-state index in [1.54, 1.807) is 0 Å². The zero-order valence-electron chi connectivity index (χ0n) is 28.0. The number of hydrogen-bond acceptors (Lipinski definition) is 3. The molecular formula is C48H32N2S. The highest BCUT2D eigenvalue weighted by Crippen LogP contribution is 2.55. The van der Waals surface area contributed by atoms with Gasteiger partial charge < -0.3 is 0 Å². The molecule has 1 unspecified atom stereocenters. The van der Waals surface area contributed by atoms with Gasteiger partial charge in [-0.1, -0.05) is 152 Å². The molecule has 0 spiro atoms. The SMILES string of the molecule is CC1(c2ccccc2)c2ccccc2-c2cccc(-c3ccc(-c4cc(-c5ccc6sc7ccccc7c6c5)nc(-c5ccccc5)n4)cc3)c21. The average Bonchev–Trinajstić information content (AvgIpc) is 3.71. The fourth-order valence-electron chi connectivity index (χ4n) is 8.08. The Balaban J connectivity index is 1.10. The van der Waals surface area contributed by atoms with Gasteiger partial charge in [0.15, 0.2) is 5.82 Å². The summed E-state index contributed by atoms with van der Waals surface area (Å²) < 4.78 is 2.59. The zero-order valence-corrected chi connectivity index (χ0v) is 28.9. The van der Waals surface area contributed by atoms with Crippen molar-refractivity contribution in [3.8, 4) is 56.2 Å². The van der Waals surface area contributed by atoms with Gasteiger partial charge >= 0.3 is 0 Å². The van der Waals surface area contributed by atoms with Crippen molar-refractivity contribution in [2.45, 2.75) is 12.3 Å². The van der Waals surface area contributed by atoms with Crippen molar-refractivity contribution in [3.63, 3.8) is 0 Å². The molecule has 0 aliphatic heterocycles. The monoisotopic (exact) mass is 668 g/mol. The van der Waals surface area contributed by atoms with E-state index in [1.807, 2.05) is 29.5 Å². The summed E-state index contributed by atoms with van der Waals surface area (Å²) in [4.78, 5) is 10.3. The van der Waals surface area contributed by atoms with Crippen LogP contribution in [0.25, 0.3) is 76.3 Å². The highest BCUT2D eigenvalue weighted by molar-refractivity contribution is 7.25. The van der Waals surface area contributed by atoms with E-state index in [0.29, 0.717) is 0 Å². The molecule has 0 fully saturated rings. The maximum atomic E-state index is 5.14. The maximum Gasteiger partial charge on any atom is 0.160 e. The molecular weight excluding hydrogens is 637 g/mol. The van der Waals surface area contributed by atoms with E-state index in [1.165, 1.54) is 59.1 Å². The lowest BCUT2D eigenvalue weighted by molar-refractivity contribution is 0.716. The molecule has 0 bridgehead atoms. The molecule has 7 aromatic carbocycles. The first-order chi connectivity index (χ1) is 25.1. The molecule has 0 saturated carbocycles. The summed E-state index contributed by atoms with van der Waals surface area (Å²) in [7, 11) is 0. The number of fused-ring (bicyclic) bond motifs is 6. The van der Waals surface area contributed by atoms with Crippen LogP contribution < -0.4 is 0 Å². The summed E-state index contributed by atoms with van der Waals surface area (Å²) in [6.07, 6.45) is 0. The van der Waals surface area contributed by atoms with Crippen molar-refractivity contribution in [2.24, 2.45) is 0 Å². The predicted molar refractivity (Wildman–Crippen MR) is 214 cm³/mol. The van der Waals surface area contributed by atoms with Gasteiger partial charge in [0.2, 0.25) is 0 Å². The van der Waals surface area contributed by atoms with Crippen molar-refractivity contribution in [1.82, 2.24) is 9.97 Å². The summed E-state index contributed by atoms with van der Waals surface area (Å²) in [5.74, 6) is 0.722. The first kappa shape index (κ1) is 29.7. The van der Waals surface area contributed by atoms with Crippen LogP contribution in [0.3, 0.4) is 0 Å². The van der Waals surface area contributed by atoms with Crippen LogP contribution in [0.2, 0.25) is 0 Å². The summed E-state index contributed by atoms with van der Waals surface area (Å²) >= 11 is 1.83. The van der Waals surface area contributed by atoms with E-state index < -0.39 is 0 Å². The minimum absolute atomic E-state index is 0.274. The fourth-order valence-corrected chi connectivity index (χ4v) is 9.17. The van der Waals surface area contributed by atoms with E-state index in [0.717, 1.165) is 33.9 Å². The Labute approximate surface area is 301 Å². The van der Waals surface area contributed by atoms with E-state index in [9.17, 15) is 0 Å². The standard InChI is InChI=1S/C48H32N2S/c1-48(35-15-6-3-7-16-35)41-21-10-8-17-37(41)39-20-12-19-36(46(39)48)31-23-25-32(26-24-31)42-30-43(50-47(49-42)33-13-4-2-5-14-33)34-27-28-45-40(29-34)38-18-9-11-22-44(38)51-45/h2-30H,1H3.